The first kappa shape index (κ1) is 17.3. The lowest BCUT2D eigenvalue weighted by Gasteiger charge is -2.15. The Morgan fingerprint density at radius 3 is 2.30 bits per heavy atom. The molecule has 120 valence electrons. The van der Waals surface area contributed by atoms with Crippen molar-refractivity contribution in [3.63, 3.8) is 0 Å². The highest BCUT2D eigenvalue weighted by molar-refractivity contribution is 7.57. The van der Waals surface area contributed by atoms with Crippen molar-refractivity contribution in [3.05, 3.63) is 76.9 Å². The molecule has 2 rings (SSSR count). The zero-order chi connectivity index (χ0) is 16.9. The first-order valence-corrected chi connectivity index (χ1v) is 9.82. The van der Waals surface area contributed by atoms with E-state index in [1.54, 1.807) is 48.5 Å². The molecule has 2 aromatic carbocycles. The van der Waals surface area contributed by atoms with E-state index in [0.29, 0.717) is 16.1 Å². The van der Waals surface area contributed by atoms with Gasteiger partial charge in [0.25, 0.3) is 5.91 Å². The van der Waals surface area contributed by atoms with Crippen molar-refractivity contribution in [1.29, 1.82) is 0 Å². The second-order valence-corrected chi connectivity index (χ2v) is 8.27. The molecular weight excluding hydrogens is 333 g/mol. The molecule has 0 aliphatic carbocycles. The zero-order valence-electron chi connectivity index (χ0n) is 12.8. The van der Waals surface area contributed by atoms with Gasteiger partial charge in [0.15, 0.2) is 5.76 Å². The minimum absolute atomic E-state index is 0.258. The van der Waals surface area contributed by atoms with E-state index in [-0.39, 0.29) is 11.7 Å². The summed E-state index contributed by atoms with van der Waals surface area (Å²) in [6.45, 7) is 2.99. The predicted molar refractivity (Wildman–Crippen MR) is 93.9 cm³/mol. The van der Waals surface area contributed by atoms with Crippen LogP contribution in [0.4, 0.5) is 0 Å². The Bertz CT molecular complexity index is 768. The van der Waals surface area contributed by atoms with Crippen LogP contribution >= 0.6 is 19.0 Å². The van der Waals surface area contributed by atoms with Crippen LogP contribution in [0.3, 0.4) is 0 Å². The molecule has 0 aliphatic rings. The number of amides is 1. The molecule has 0 fully saturated rings. The summed E-state index contributed by atoms with van der Waals surface area (Å²) in [6.07, 6.45) is 1.39. The van der Waals surface area contributed by atoms with Crippen molar-refractivity contribution in [3.8, 4) is 0 Å². The van der Waals surface area contributed by atoms with Gasteiger partial charge in [0, 0.05) is 30.7 Å². The molecule has 0 aromatic heterocycles. The summed E-state index contributed by atoms with van der Waals surface area (Å²) >= 11 is 6.16. The highest BCUT2D eigenvalue weighted by Crippen LogP contribution is 2.43. The van der Waals surface area contributed by atoms with E-state index >= 15 is 0 Å². The molecule has 0 saturated heterocycles. The molecule has 0 bridgehead atoms. The van der Waals surface area contributed by atoms with Gasteiger partial charge in [-0.15, -0.1) is 0 Å². The highest BCUT2D eigenvalue weighted by Gasteiger charge is 2.16. The van der Waals surface area contributed by atoms with Gasteiger partial charge in [0.2, 0.25) is 7.37 Å². The second kappa shape index (κ2) is 7.49. The SMILES string of the molecule is CP(C)(=O)OC(=CNC(=O)c1ccccc1)c1ccccc1Cl. The molecule has 0 saturated carbocycles. The van der Waals surface area contributed by atoms with E-state index in [0.717, 1.165) is 0 Å². The van der Waals surface area contributed by atoms with Gasteiger partial charge in [0.1, 0.15) is 0 Å². The number of nitrogens with one attached hydrogen (secondary N) is 1. The predicted octanol–water partition coefficient (Wildman–Crippen LogP) is 4.62. The monoisotopic (exact) mass is 349 g/mol. The van der Waals surface area contributed by atoms with E-state index in [1.807, 2.05) is 6.07 Å². The summed E-state index contributed by atoms with van der Waals surface area (Å²) in [5.74, 6) is -0.0333. The number of hydrogen-bond donors (Lipinski definition) is 1. The summed E-state index contributed by atoms with van der Waals surface area (Å²) in [4.78, 5) is 12.1. The maximum atomic E-state index is 12.1. The lowest BCUT2D eigenvalue weighted by atomic mass is 10.2. The van der Waals surface area contributed by atoms with Crippen LogP contribution in [0, 0.1) is 0 Å². The first-order valence-electron chi connectivity index (χ1n) is 6.92. The van der Waals surface area contributed by atoms with Crippen molar-refractivity contribution in [2.45, 2.75) is 0 Å². The fourth-order valence-corrected chi connectivity index (χ4v) is 2.71. The number of halogens is 1. The van der Waals surface area contributed by atoms with Crippen LogP contribution in [0.25, 0.3) is 5.76 Å². The third kappa shape index (κ3) is 5.27. The molecule has 4 nitrogen and oxygen atoms in total. The molecule has 6 heteroatoms. The number of benzene rings is 2. The first-order chi connectivity index (χ1) is 10.9. The van der Waals surface area contributed by atoms with Crippen LogP contribution in [-0.2, 0) is 9.09 Å². The van der Waals surface area contributed by atoms with Gasteiger partial charge < -0.3 is 9.84 Å². The van der Waals surface area contributed by atoms with Gasteiger partial charge >= 0.3 is 0 Å². The molecule has 0 aliphatic heterocycles. The maximum Gasteiger partial charge on any atom is 0.255 e. The fourth-order valence-electron chi connectivity index (χ4n) is 1.86. The minimum Gasteiger partial charge on any atom is -0.441 e. The van der Waals surface area contributed by atoms with Gasteiger partial charge in [0.05, 0.1) is 5.02 Å². The van der Waals surface area contributed by atoms with Crippen LogP contribution in [0.1, 0.15) is 15.9 Å². The standard InChI is InChI=1S/C17H17ClNO3P/c1-23(2,21)22-16(14-10-6-7-11-15(14)18)12-19-17(20)13-8-4-3-5-9-13/h3-12H,1-2H3,(H,19,20). The van der Waals surface area contributed by atoms with E-state index in [9.17, 15) is 9.36 Å². The van der Waals surface area contributed by atoms with Crippen molar-refractivity contribution < 1.29 is 13.9 Å². The highest BCUT2D eigenvalue weighted by atomic mass is 35.5. The Kier molecular flexibility index (Phi) is 5.64. The Labute approximate surface area is 140 Å². The minimum atomic E-state index is -2.82. The Balaban J connectivity index is 2.29. The summed E-state index contributed by atoms with van der Waals surface area (Å²) in [6, 6.07) is 15.8. The van der Waals surface area contributed by atoms with Gasteiger partial charge in [-0.1, -0.05) is 41.9 Å². The summed E-state index contributed by atoms with van der Waals surface area (Å²) in [7, 11) is -2.82. The molecule has 23 heavy (non-hydrogen) atoms. The molecule has 1 N–H and O–H groups in total. The lowest BCUT2D eigenvalue weighted by Crippen LogP contribution is -2.17. The van der Waals surface area contributed by atoms with Crippen molar-refractivity contribution in [2.24, 2.45) is 0 Å². The number of carbonyl (C=O) groups excluding carboxylic acids is 1. The Hall–Kier alpha value is -2.03. The molecule has 0 unspecified atom stereocenters. The Morgan fingerprint density at radius 1 is 1.09 bits per heavy atom. The van der Waals surface area contributed by atoms with Crippen LogP contribution in [-0.4, -0.2) is 19.2 Å². The molecule has 0 heterocycles. The third-order valence-electron chi connectivity index (χ3n) is 2.83. The fraction of sp³-hybridized carbons (Fsp3) is 0.118. The van der Waals surface area contributed by atoms with E-state index < -0.39 is 7.37 Å². The zero-order valence-corrected chi connectivity index (χ0v) is 14.5. The summed E-state index contributed by atoms with van der Waals surface area (Å²) in [5.41, 5.74) is 1.07. The molecule has 0 spiro atoms. The molecular formula is C17H17ClNO3P. The molecule has 2 aromatic rings. The van der Waals surface area contributed by atoms with Crippen molar-refractivity contribution in [1.82, 2.24) is 5.32 Å². The van der Waals surface area contributed by atoms with Gasteiger partial charge in [-0.3, -0.25) is 9.36 Å². The van der Waals surface area contributed by atoms with E-state index in [1.165, 1.54) is 19.5 Å². The van der Waals surface area contributed by atoms with Gasteiger partial charge in [-0.2, -0.15) is 0 Å². The molecule has 0 atom stereocenters. The lowest BCUT2D eigenvalue weighted by molar-refractivity contribution is 0.0969. The number of rotatable bonds is 5. The number of carbonyl (C=O) groups is 1. The Morgan fingerprint density at radius 2 is 1.70 bits per heavy atom. The average molecular weight is 350 g/mol. The quantitative estimate of drug-likeness (QED) is 0.633. The van der Waals surface area contributed by atoms with Gasteiger partial charge in [-0.05, 0) is 24.3 Å². The topological polar surface area (TPSA) is 55.4 Å². The summed E-state index contributed by atoms with van der Waals surface area (Å²) < 4.78 is 17.5. The summed E-state index contributed by atoms with van der Waals surface area (Å²) in [5, 5.41) is 3.09. The van der Waals surface area contributed by atoms with E-state index in [2.05, 4.69) is 5.32 Å². The normalized spacial score (nSPS) is 11.9. The largest absolute Gasteiger partial charge is 0.441 e. The molecule has 1 amide bonds. The van der Waals surface area contributed by atoms with Gasteiger partial charge in [-0.25, -0.2) is 0 Å². The maximum absolute atomic E-state index is 12.1. The van der Waals surface area contributed by atoms with Crippen LogP contribution in [0.2, 0.25) is 5.02 Å². The van der Waals surface area contributed by atoms with Crippen LogP contribution < -0.4 is 5.32 Å². The van der Waals surface area contributed by atoms with Crippen LogP contribution in [0.15, 0.2) is 60.8 Å². The van der Waals surface area contributed by atoms with Crippen LogP contribution in [0.5, 0.6) is 0 Å². The molecule has 0 radical (unpaired) electrons. The third-order valence-corrected chi connectivity index (χ3v) is 3.79. The van der Waals surface area contributed by atoms with Crippen molar-refractivity contribution in [2.75, 3.05) is 13.3 Å². The smallest absolute Gasteiger partial charge is 0.255 e. The average Bonchev–Trinajstić information content (AvgIpc) is 2.51. The number of hydrogen-bond acceptors (Lipinski definition) is 3. The van der Waals surface area contributed by atoms with E-state index in [4.69, 9.17) is 16.1 Å². The van der Waals surface area contributed by atoms with Crippen molar-refractivity contribution >= 4 is 30.6 Å². The second-order valence-electron chi connectivity index (χ2n) is 5.17.